The molecule has 0 radical (unpaired) electrons. The van der Waals surface area contributed by atoms with E-state index in [0.29, 0.717) is 5.56 Å². The fraction of sp³-hybridized carbons (Fsp3) is 0.258. The predicted octanol–water partition coefficient (Wildman–Crippen LogP) is -3.38. The van der Waals surface area contributed by atoms with Crippen LogP contribution in [-0.2, 0) is 37.1 Å². The average molecular weight is 746 g/mol. The number of nitrogens with two attached hydrogens (primary N) is 3. The Morgan fingerprint density at radius 2 is 1.48 bits per heavy atom. The zero-order valence-electron chi connectivity index (χ0n) is 28.4. The van der Waals surface area contributed by atoms with Gasteiger partial charge in [0, 0.05) is 32.3 Å². The van der Waals surface area contributed by atoms with Crippen molar-refractivity contribution in [1.82, 2.24) is 59.5 Å². The maximum atomic E-state index is 13.5. The van der Waals surface area contributed by atoms with E-state index in [0.717, 1.165) is 4.90 Å². The first-order valence-electron chi connectivity index (χ1n) is 16.0. The molecule has 54 heavy (non-hydrogen) atoms. The number of nitrogens with zero attached hydrogens (tertiary/aromatic N) is 9. The molecule has 11 N–H and O–H groups in total. The highest BCUT2D eigenvalue weighted by atomic mass is 16.3. The number of imidazole rings is 2. The van der Waals surface area contributed by atoms with Gasteiger partial charge >= 0.3 is 0 Å². The number of phenolic OH excluding ortho intramolecular Hbond substituents is 2. The molecule has 0 bridgehead atoms. The van der Waals surface area contributed by atoms with Crippen LogP contribution in [0.15, 0.2) is 48.1 Å². The first kappa shape index (κ1) is 37.7. The number of aromatic nitrogens is 8. The maximum Gasteiger partial charge on any atom is 0.280 e. The van der Waals surface area contributed by atoms with Crippen LogP contribution in [0, 0.1) is 0 Å². The summed E-state index contributed by atoms with van der Waals surface area (Å²) < 4.78 is 2.70. The minimum Gasteiger partial charge on any atom is -0.504 e. The van der Waals surface area contributed by atoms with Crippen LogP contribution in [0.1, 0.15) is 5.56 Å². The molecule has 23 nitrogen and oxygen atoms in total. The molecule has 5 amide bonds. The van der Waals surface area contributed by atoms with E-state index in [1.807, 2.05) is 0 Å². The minimum absolute atomic E-state index is 0.0466. The molecule has 5 rings (SSSR count). The number of benzene rings is 1. The molecular weight excluding hydrogens is 710 g/mol. The number of carbonyl (C=O) groups excluding carboxylic acids is 5. The highest BCUT2D eigenvalue weighted by Gasteiger charge is 2.22. The summed E-state index contributed by atoms with van der Waals surface area (Å²) in [7, 11) is 0. The standard InChI is InChI=1S/C31H35N15O8/c32-20(49)10-43(23(52)13-46-16-40-26-29(46)41-31(34)42-30(26)54)7-6-36-22(51)11-44(24(53)12-45-15-39-25-27(33)37-14-38-28(25)45)8-5-35-21(50)4-2-17-1-3-18(47)19(48)9-17/h1-4,9,14-16,47-48H,5-8,10-13H2,(H2,32,49)(H,35,50)(H,36,51)(H2,33,37,38)(H3,34,41,42,54)/b4-2+. The van der Waals surface area contributed by atoms with E-state index >= 15 is 0 Å². The maximum absolute atomic E-state index is 13.5. The Kier molecular flexibility index (Phi) is 11.6. The van der Waals surface area contributed by atoms with Crippen LogP contribution in [-0.4, -0.2) is 128 Å². The highest BCUT2D eigenvalue weighted by Crippen LogP contribution is 2.25. The number of amides is 5. The van der Waals surface area contributed by atoms with Crippen LogP contribution < -0.4 is 33.4 Å². The number of fused-ring (bicyclic) bond motifs is 2. The van der Waals surface area contributed by atoms with E-state index in [9.17, 15) is 39.0 Å². The SMILES string of the molecule is NC(=O)CN(CCNC(=O)CN(CCNC(=O)/C=C/c1ccc(O)c(O)c1)C(=O)Cn1cnc2c(N)ncnc21)C(=O)Cn1cnc2c(=O)[nH]c(N)nc21. The van der Waals surface area contributed by atoms with E-state index in [1.165, 1.54) is 63.4 Å². The van der Waals surface area contributed by atoms with E-state index in [1.54, 1.807) is 0 Å². The largest absolute Gasteiger partial charge is 0.504 e. The quantitative estimate of drug-likeness (QED) is 0.0361. The van der Waals surface area contributed by atoms with Crippen LogP contribution >= 0.6 is 0 Å². The lowest BCUT2D eigenvalue weighted by Gasteiger charge is -2.24. The van der Waals surface area contributed by atoms with E-state index in [2.05, 4.69) is 40.5 Å². The Morgan fingerprint density at radius 3 is 2.17 bits per heavy atom. The molecule has 0 atom stereocenters. The lowest BCUT2D eigenvalue weighted by molar-refractivity contribution is -0.137. The van der Waals surface area contributed by atoms with Crippen molar-refractivity contribution >= 4 is 69.7 Å². The molecular formula is C31H35N15O8. The predicted molar refractivity (Wildman–Crippen MR) is 189 cm³/mol. The van der Waals surface area contributed by atoms with Crippen molar-refractivity contribution in [3.05, 3.63) is 59.2 Å². The first-order valence-corrected chi connectivity index (χ1v) is 16.0. The molecule has 23 heteroatoms. The zero-order valence-corrected chi connectivity index (χ0v) is 28.4. The number of hydrogen-bond acceptors (Lipinski definition) is 15. The van der Waals surface area contributed by atoms with Gasteiger partial charge in [-0.25, -0.2) is 19.9 Å². The number of phenols is 2. The molecule has 0 aliphatic heterocycles. The number of primary amides is 1. The Morgan fingerprint density at radius 1 is 0.833 bits per heavy atom. The van der Waals surface area contributed by atoms with Gasteiger partial charge in [0.1, 0.15) is 24.9 Å². The van der Waals surface area contributed by atoms with Crippen LogP contribution in [0.4, 0.5) is 11.8 Å². The average Bonchev–Trinajstić information content (AvgIpc) is 3.72. The van der Waals surface area contributed by atoms with Crippen LogP contribution in [0.3, 0.4) is 0 Å². The van der Waals surface area contributed by atoms with Crippen molar-refractivity contribution in [2.45, 2.75) is 13.1 Å². The molecule has 0 aliphatic carbocycles. The molecule has 1 aromatic carbocycles. The van der Waals surface area contributed by atoms with Crippen molar-refractivity contribution < 1.29 is 34.2 Å². The summed E-state index contributed by atoms with van der Waals surface area (Å²) in [5, 5.41) is 24.4. The topological polar surface area (TPSA) is 342 Å². The van der Waals surface area contributed by atoms with Crippen molar-refractivity contribution in [2.24, 2.45) is 5.73 Å². The molecule has 0 saturated carbocycles. The van der Waals surface area contributed by atoms with Gasteiger partial charge in [-0.05, 0) is 23.8 Å². The van der Waals surface area contributed by atoms with Gasteiger partial charge in [0.2, 0.25) is 35.5 Å². The second kappa shape index (κ2) is 16.6. The van der Waals surface area contributed by atoms with Crippen molar-refractivity contribution in [3.8, 4) is 11.5 Å². The Balaban J connectivity index is 1.21. The molecule has 0 aliphatic rings. The zero-order chi connectivity index (χ0) is 38.9. The summed E-state index contributed by atoms with van der Waals surface area (Å²) in [4.78, 5) is 101. The van der Waals surface area contributed by atoms with Gasteiger partial charge in [-0.3, -0.25) is 33.8 Å². The summed E-state index contributed by atoms with van der Waals surface area (Å²) in [5.74, 6) is -3.89. The number of nitrogens with one attached hydrogen (secondary N) is 3. The summed E-state index contributed by atoms with van der Waals surface area (Å²) in [6.07, 6.45) is 6.37. The number of H-pyrrole nitrogens is 1. The third-order valence-corrected chi connectivity index (χ3v) is 7.73. The Hall–Kier alpha value is -7.59. The smallest absolute Gasteiger partial charge is 0.280 e. The second-order valence-corrected chi connectivity index (χ2v) is 11.6. The van der Waals surface area contributed by atoms with Crippen molar-refractivity contribution in [1.29, 1.82) is 0 Å². The van der Waals surface area contributed by atoms with Gasteiger partial charge in [-0.2, -0.15) is 4.98 Å². The van der Waals surface area contributed by atoms with Crippen LogP contribution in [0.2, 0.25) is 0 Å². The summed E-state index contributed by atoms with van der Waals surface area (Å²) in [5.41, 5.74) is 17.2. The fourth-order valence-electron chi connectivity index (χ4n) is 5.11. The van der Waals surface area contributed by atoms with Gasteiger partial charge in [-0.1, -0.05) is 6.07 Å². The van der Waals surface area contributed by atoms with Crippen LogP contribution in [0.25, 0.3) is 28.4 Å². The van der Waals surface area contributed by atoms with Crippen molar-refractivity contribution in [2.75, 3.05) is 50.7 Å². The second-order valence-electron chi connectivity index (χ2n) is 11.6. The monoisotopic (exact) mass is 745 g/mol. The molecule has 0 unspecified atom stereocenters. The molecule has 4 aromatic heterocycles. The minimum atomic E-state index is -0.821. The lowest BCUT2D eigenvalue weighted by atomic mass is 10.2. The summed E-state index contributed by atoms with van der Waals surface area (Å²) in [6.45, 7) is -2.12. The van der Waals surface area contributed by atoms with Gasteiger partial charge < -0.3 is 57.0 Å². The normalized spacial score (nSPS) is 11.2. The number of hydrogen-bond donors (Lipinski definition) is 8. The fourth-order valence-corrected chi connectivity index (χ4v) is 5.11. The van der Waals surface area contributed by atoms with Crippen LogP contribution in [0.5, 0.6) is 11.5 Å². The number of nitrogen functional groups attached to an aromatic ring is 2. The number of aromatic hydroxyl groups is 2. The third-order valence-electron chi connectivity index (χ3n) is 7.73. The first-order chi connectivity index (χ1) is 25.8. The van der Waals surface area contributed by atoms with Gasteiger partial charge in [0.25, 0.3) is 5.56 Å². The van der Waals surface area contributed by atoms with E-state index < -0.39 is 48.2 Å². The Bertz CT molecular complexity index is 2310. The number of anilines is 2. The Labute approximate surface area is 303 Å². The molecule has 0 saturated heterocycles. The molecule has 282 valence electrons. The number of carbonyl (C=O) groups is 5. The molecule has 0 spiro atoms. The summed E-state index contributed by atoms with van der Waals surface area (Å²) >= 11 is 0. The highest BCUT2D eigenvalue weighted by molar-refractivity contribution is 5.92. The lowest BCUT2D eigenvalue weighted by Crippen LogP contribution is -2.47. The van der Waals surface area contributed by atoms with Crippen molar-refractivity contribution in [3.63, 3.8) is 0 Å². The number of aromatic amines is 1. The summed E-state index contributed by atoms with van der Waals surface area (Å²) in [6, 6.07) is 4.01. The van der Waals surface area contributed by atoms with E-state index in [-0.39, 0.29) is 84.9 Å². The third kappa shape index (κ3) is 9.39. The number of rotatable bonds is 16. The van der Waals surface area contributed by atoms with Gasteiger partial charge in [0.15, 0.2) is 34.1 Å². The molecule has 4 heterocycles. The molecule has 5 aromatic rings. The molecule has 0 fully saturated rings. The van der Waals surface area contributed by atoms with Gasteiger partial charge in [0.05, 0.1) is 25.7 Å². The van der Waals surface area contributed by atoms with E-state index in [4.69, 9.17) is 17.2 Å². The van der Waals surface area contributed by atoms with Gasteiger partial charge in [-0.15, -0.1) is 0 Å².